The maximum Gasteiger partial charge on any atom is 0.139 e. The third-order valence-corrected chi connectivity index (χ3v) is 12.3. The van der Waals surface area contributed by atoms with Crippen molar-refractivity contribution in [1.82, 2.24) is 15.0 Å². The topological polar surface area (TPSA) is 51.8 Å². The summed E-state index contributed by atoms with van der Waals surface area (Å²) < 4.78 is 6.07. The second-order valence-electron chi connectivity index (χ2n) is 15.7. The molecule has 5 aromatic carbocycles. The van der Waals surface area contributed by atoms with Gasteiger partial charge in [0.15, 0.2) is 0 Å². The van der Waals surface area contributed by atoms with Crippen LogP contribution in [0.2, 0.25) is 19.6 Å². The number of furan rings is 1. The molecule has 6 heteroatoms. The zero-order chi connectivity index (χ0) is 38.2. The third kappa shape index (κ3) is 7.92. The van der Waals surface area contributed by atoms with E-state index in [-0.39, 0.29) is 25.5 Å². The number of pyridine rings is 3. The van der Waals surface area contributed by atoms with Crippen LogP contribution in [-0.2, 0) is 25.5 Å². The smallest absolute Gasteiger partial charge is 0.139 e. The second kappa shape index (κ2) is 15.9. The van der Waals surface area contributed by atoms with Gasteiger partial charge in [-0.05, 0) is 61.6 Å². The molecule has 0 unspecified atom stereocenters. The van der Waals surface area contributed by atoms with Crippen molar-refractivity contribution in [2.45, 2.75) is 45.8 Å². The maximum atomic E-state index is 6.07. The largest absolute Gasteiger partial charge is 0.499 e. The summed E-state index contributed by atoms with van der Waals surface area (Å²) in [5.74, 6) is 0. The Morgan fingerprint density at radius 2 is 1.29 bits per heavy atom. The Bertz CT molecular complexity index is 2770. The molecule has 0 spiro atoms. The molecule has 0 aliphatic heterocycles. The van der Waals surface area contributed by atoms with Crippen LogP contribution in [0.3, 0.4) is 0 Å². The van der Waals surface area contributed by atoms with Crippen molar-refractivity contribution in [1.29, 1.82) is 0 Å². The summed E-state index contributed by atoms with van der Waals surface area (Å²) in [6.07, 6.45) is 3.99. The summed E-state index contributed by atoms with van der Waals surface area (Å²) in [6, 6.07) is 54.7. The van der Waals surface area contributed by atoms with Gasteiger partial charge in [-0.1, -0.05) is 137 Å². The standard InChI is InChI=1S/C29H21N2O.C21H22NSi.Ir/c1-29(2,22-10-4-3-5-11-22)27-15-14-26-28(31-27)23-16-20(12-13-25(23)32-26)24-17-19-8-6-7-9-21(19)18-30-24;1-16-10-12-18(13-11-16)20-14-19(17-8-6-5-7-9-17)21(15-22-20)23(2,3)4;/h3-11,13-18H,1-2H3;5-12,14-15H,1-4H3;/q2*-1;. The molecule has 4 nitrogen and oxygen atoms in total. The molecule has 0 saturated heterocycles. The number of hydrogen-bond acceptors (Lipinski definition) is 4. The van der Waals surface area contributed by atoms with Crippen molar-refractivity contribution in [3.63, 3.8) is 0 Å². The van der Waals surface area contributed by atoms with E-state index in [2.05, 4.69) is 167 Å². The number of hydrogen-bond donors (Lipinski definition) is 0. The van der Waals surface area contributed by atoms with E-state index in [1.165, 1.54) is 27.4 Å². The van der Waals surface area contributed by atoms with E-state index in [0.717, 1.165) is 61.1 Å². The molecule has 9 rings (SSSR count). The van der Waals surface area contributed by atoms with E-state index >= 15 is 0 Å². The predicted molar refractivity (Wildman–Crippen MR) is 231 cm³/mol. The molecule has 9 aromatic rings. The van der Waals surface area contributed by atoms with E-state index in [9.17, 15) is 0 Å². The average molecular weight is 922 g/mol. The second-order valence-corrected chi connectivity index (χ2v) is 20.7. The van der Waals surface area contributed by atoms with Crippen LogP contribution in [0.5, 0.6) is 0 Å². The van der Waals surface area contributed by atoms with Gasteiger partial charge in [0.05, 0.1) is 24.9 Å². The van der Waals surface area contributed by atoms with Gasteiger partial charge >= 0.3 is 0 Å². The molecule has 0 atom stereocenters. The summed E-state index contributed by atoms with van der Waals surface area (Å²) in [7, 11) is -1.47. The molecule has 0 aliphatic carbocycles. The van der Waals surface area contributed by atoms with Crippen LogP contribution in [0.25, 0.3) is 66.5 Å². The van der Waals surface area contributed by atoms with Crippen molar-refractivity contribution in [3.8, 4) is 33.6 Å². The van der Waals surface area contributed by atoms with E-state index in [1.54, 1.807) is 0 Å². The van der Waals surface area contributed by atoms with Crippen molar-refractivity contribution < 1.29 is 24.5 Å². The minimum absolute atomic E-state index is 0. The van der Waals surface area contributed by atoms with Crippen molar-refractivity contribution >= 4 is 46.1 Å². The van der Waals surface area contributed by atoms with Gasteiger partial charge in [-0.25, -0.2) is 4.98 Å². The number of nitrogens with zero attached hydrogens (tertiary/aromatic N) is 3. The molecule has 279 valence electrons. The summed E-state index contributed by atoms with van der Waals surface area (Å²) >= 11 is 0. The molecule has 1 radical (unpaired) electrons. The molecular formula is C50H43IrN3OSi-2. The first kappa shape index (κ1) is 38.7. The van der Waals surface area contributed by atoms with Gasteiger partial charge in [0.2, 0.25) is 0 Å². The van der Waals surface area contributed by atoms with Crippen LogP contribution in [-0.4, -0.2) is 23.0 Å². The third-order valence-electron chi connectivity index (χ3n) is 10.3. The molecule has 4 aromatic heterocycles. The number of aryl methyl sites for hydroxylation is 1. The van der Waals surface area contributed by atoms with Gasteiger partial charge in [-0.2, -0.15) is 0 Å². The van der Waals surface area contributed by atoms with Gasteiger partial charge in [0.25, 0.3) is 0 Å². The average Bonchev–Trinajstić information content (AvgIpc) is 3.59. The number of fused-ring (bicyclic) bond motifs is 4. The first-order valence-electron chi connectivity index (χ1n) is 18.8. The van der Waals surface area contributed by atoms with Gasteiger partial charge in [0, 0.05) is 37.9 Å². The summed E-state index contributed by atoms with van der Waals surface area (Å²) in [5.41, 5.74) is 12.1. The first-order chi connectivity index (χ1) is 26.5. The Balaban J connectivity index is 0.000000178. The molecule has 0 fully saturated rings. The fourth-order valence-corrected chi connectivity index (χ4v) is 8.51. The van der Waals surface area contributed by atoms with E-state index < -0.39 is 8.07 Å². The minimum atomic E-state index is -1.47. The van der Waals surface area contributed by atoms with Gasteiger partial charge in [0.1, 0.15) is 5.58 Å². The van der Waals surface area contributed by atoms with Gasteiger partial charge < -0.3 is 14.4 Å². The Labute approximate surface area is 344 Å². The fraction of sp³-hybridized carbons (Fsp3) is 0.140. The van der Waals surface area contributed by atoms with Crippen molar-refractivity contribution in [2.75, 3.05) is 0 Å². The van der Waals surface area contributed by atoms with Crippen LogP contribution in [0.4, 0.5) is 0 Å². The van der Waals surface area contributed by atoms with Crippen molar-refractivity contribution in [3.05, 3.63) is 181 Å². The molecule has 4 heterocycles. The normalized spacial score (nSPS) is 11.6. The van der Waals surface area contributed by atoms with Crippen LogP contribution >= 0.6 is 0 Å². The molecule has 56 heavy (non-hydrogen) atoms. The van der Waals surface area contributed by atoms with E-state index in [4.69, 9.17) is 14.4 Å². The predicted octanol–water partition coefficient (Wildman–Crippen LogP) is 12.4. The van der Waals surface area contributed by atoms with Gasteiger partial charge in [-0.3, -0.25) is 0 Å². The van der Waals surface area contributed by atoms with E-state index in [0.29, 0.717) is 0 Å². The number of rotatable bonds is 6. The molecule has 0 saturated carbocycles. The fourth-order valence-electron chi connectivity index (χ4n) is 7.04. The van der Waals surface area contributed by atoms with Crippen LogP contribution in [0.15, 0.2) is 156 Å². The van der Waals surface area contributed by atoms with E-state index in [1.807, 2.05) is 42.6 Å². The molecule has 0 amide bonds. The quantitative estimate of drug-likeness (QED) is 0.123. The summed E-state index contributed by atoms with van der Waals surface area (Å²) in [5, 5.41) is 4.67. The Morgan fingerprint density at radius 3 is 2.00 bits per heavy atom. The minimum Gasteiger partial charge on any atom is -0.499 e. The Hall–Kier alpha value is -5.52. The zero-order valence-electron chi connectivity index (χ0n) is 32.5. The summed E-state index contributed by atoms with van der Waals surface area (Å²) in [4.78, 5) is 14.5. The monoisotopic (exact) mass is 922 g/mol. The number of aromatic nitrogens is 3. The van der Waals surface area contributed by atoms with Crippen LogP contribution < -0.4 is 5.19 Å². The SMILES string of the molecule is CC(C)(c1ccccc1)c1ccc2oc3c[c-]c(-c4cc5ccccc5cn4)cc3c2n1.Cc1c[c-]c(-c2cc(-c3ccccc3)c([Si](C)(C)C)cn2)cc1.[Ir]. The van der Waals surface area contributed by atoms with Crippen LogP contribution in [0.1, 0.15) is 30.7 Å². The summed E-state index contributed by atoms with van der Waals surface area (Å²) in [6.45, 7) is 13.6. The molecule has 0 N–H and O–H groups in total. The van der Waals surface area contributed by atoms with Crippen LogP contribution in [0, 0.1) is 19.1 Å². The molecule has 0 bridgehead atoms. The maximum absolute atomic E-state index is 6.07. The van der Waals surface area contributed by atoms with Gasteiger partial charge in [-0.15, -0.1) is 59.2 Å². The zero-order valence-corrected chi connectivity index (χ0v) is 35.9. The molecular weight excluding hydrogens is 879 g/mol. The number of benzene rings is 5. The first-order valence-corrected chi connectivity index (χ1v) is 22.3. The molecule has 0 aliphatic rings. The Kier molecular flexibility index (Phi) is 11.0. The Morgan fingerprint density at radius 1 is 0.625 bits per heavy atom. The van der Waals surface area contributed by atoms with Crippen molar-refractivity contribution in [2.24, 2.45) is 0 Å².